The van der Waals surface area contributed by atoms with Crippen LogP contribution in [0.4, 0.5) is 0 Å². The molecule has 0 aliphatic heterocycles. The van der Waals surface area contributed by atoms with Gasteiger partial charge < -0.3 is 0 Å². The summed E-state index contributed by atoms with van der Waals surface area (Å²) in [4.78, 5) is 1.22. The highest BCUT2D eigenvalue weighted by Crippen LogP contribution is 2.18. The van der Waals surface area contributed by atoms with Gasteiger partial charge in [0.05, 0.1) is 0 Å². The van der Waals surface area contributed by atoms with Crippen LogP contribution in [0.5, 0.6) is 0 Å². The minimum absolute atomic E-state index is 0.877. The van der Waals surface area contributed by atoms with E-state index >= 15 is 0 Å². The molecule has 0 saturated heterocycles. The highest BCUT2D eigenvalue weighted by Gasteiger charge is 1.94. The van der Waals surface area contributed by atoms with Crippen LogP contribution in [0.3, 0.4) is 0 Å². The molecular formula is C13H12BrNS. The summed E-state index contributed by atoms with van der Waals surface area (Å²) in [6, 6.07) is 18.7. The maximum absolute atomic E-state index is 3.42. The molecule has 3 heteroatoms. The van der Waals surface area contributed by atoms with Gasteiger partial charge in [-0.1, -0.05) is 46.3 Å². The van der Waals surface area contributed by atoms with Gasteiger partial charge in [-0.2, -0.15) is 0 Å². The predicted molar refractivity (Wildman–Crippen MR) is 73.3 cm³/mol. The standard InChI is InChI=1S/C13H12BrNS/c14-12-6-8-13(9-7-12)16-15-10-11-4-2-1-3-5-11/h1-9,15H,10H2. The van der Waals surface area contributed by atoms with Gasteiger partial charge in [0.25, 0.3) is 0 Å². The van der Waals surface area contributed by atoms with E-state index in [0.29, 0.717) is 0 Å². The third-order valence-corrected chi connectivity index (χ3v) is 3.45. The van der Waals surface area contributed by atoms with E-state index < -0.39 is 0 Å². The van der Waals surface area contributed by atoms with Gasteiger partial charge in [-0.25, -0.2) is 0 Å². The SMILES string of the molecule is Brc1ccc(SNCc2ccccc2)cc1. The molecule has 16 heavy (non-hydrogen) atoms. The molecule has 0 fully saturated rings. The van der Waals surface area contributed by atoms with Crippen molar-refractivity contribution in [2.45, 2.75) is 11.4 Å². The Hall–Kier alpha value is -0.770. The van der Waals surface area contributed by atoms with Gasteiger partial charge in [0.15, 0.2) is 0 Å². The van der Waals surface area contributed by atoms with Gasteiger partial charge in [-0.05, 0) is 41.8 Å². The third-order valence-electron chi connectivity index (χ3n) is 2.12. The minimum Gasteiger partial charge on any atom is -0.255 e. The molecule has 0 bridgehead atoms. The van der Waals surface area contributed by atoms with E-state index in [0.717, 1.165) is 11.0 Å². The summed E-state index contributed by atoms with van der Waals surface area (Å²) in [5, 5.41) is 0. The summed E-state index contributed by atoms with van der Waals surface area (Å²) in [6.45, 7) is 0.877. The molecule has 2 aromatic carbocycles. The molecule has 0 aliphatic rings. The van der Waals surface area contributed by atoms with Crippen LogP contribution in [-0.4, -0.2) is 0 Å². The van der Waals surface area contributed by atoms with Crippen LogP contribution >= 0.6 is 27.9 Å². The molecule has 0 aromatic heterocycles. The largest absolute Gasteiger partial charge is 0.255 e. The predicted octanol–water partition coefficient (Wildman–Crippen LogP) is 4.25. The van der Waals surface area contributed by atoms with Gasteiger partial charge in [0.2, 0.25) is 0 Å². The Morgan fingerprint density at radius 3 is 2.31 bits per heavy atom. The van der Waals surface area contributed by atoms with E-state index in [-0.39, 0.29) is 0 Å². The van der Waals surface area contributed by atoms with Crippen molar-refractivity contribution in [3.05, 3.63) is 64.6 Å². The fourth-order valence-electron chi connectivity index (χ4n) is 1.30. The topological polar surface area (TPSA) is 12.0 Å². The average molecular weight is 294 g/mol. The molecule has 0 amide bonds. The Kier molecular flexibility index (Phi) is 4.45. The van der Waals surface area contributed by atoms with Crippen LogP contribution in [0.25, 0.3) is 0 Å². The van der Waals surface area contributed by atoms with Crippen molar-refractivity contribution in [3.63, 3.8) is 0 Å². The zero-order valence-electron chi connectivity index (χ0n) is 8.69. The quantitative estimate of drug-likeness (QED) is 0.846. The molecule has 2 aromatic rings. The summed E-state index contributed by atoms with van der Waals surface area (Å²) in [5.41, 5.74) is 1.30. The van der Waals surface area contributed by atoms with Crippen LogP contribution in [0.2, 0.25) is 0 Å². The van der Waals surface area contributed by atoms with Gasteiger partial charge in [0, 0.05) is 15.9 Å². The van der Waals surface area contributed by atoms with Crippen LogP contribution < -0.4 is 4.72 Å². The molecule has 0 heterocycles. The summed E-state index contributed by atoms with van der Waals surface area (Å²) in [7, 11) is 0. The van der Waals surface area contributed by atoms with Crippen molar-refractivity contribution in [2.24, 2.45) is 0 Å². The smallest absolute Gasteiger partial charge is 0.0313 e. The normalized spacial score (nSPS) is 10.3. The average Bonchev–Trinajstić information content (AvgIpc) is 2.33. The van der Waals surface area contributed by atoms with Gasteiger partial charge in [-0.3, -0.25) is 4.72 Å². The second-order valence-electron chi connectivity index (χ2n) is 3.36. The van der Waals surface area contributed by atoms with Gasteiger partial charge >= 0.3 is 0 Å². The van der Waals surface area contributed by atoms with Crippen molar-refractivity contribution in [3.8, 4) is 0 Å². The van der Waals surface area contributed by atoms with Gasteiger partial charge in [0.1, 0.15) is 0 Å². The molecule has 2 rings (SSSR count). The zero-order valence-corrected chi connectivity index (χ0v) is 11.1. The molecular weight excluding hydrogens is 282 g/mol. The first kappa shape index (κ1) is 11.7. The lowest BCUT2D eigenvalue weighted by atomic mass is 10.2. The van der Waals surface area contributed by atoms with Crippen molar-refractivity contribution in [1.29, 1.82) is 0 Å². The molecule has 1 nitrogen and oxygen atoms in total. The Bertz CT molecular complexity index is 427. The van der Waals surface area contributed by atoms with Crippen molar-refractivity contribution >= 4 is 27.9 Å². The Morgan fingerprint density at radius 2 is 1.62 bits per heavy atom. The lowest BCUT2D eigenvalue weighted by molar-refractivity contribution is 0.975. The number of hydrogen-bond donors (Lipinski definition) is 1. The van der Waals surface area contributed by atoms with E-state index in [1.165, 1.54) is 10.5 Å². The maximum atomic E-state index is 3.42. The Morgan fingerprint density at radius 1 is 0.938 bits per heavy atom. The number of halogens is 1. The first-order valence-electron chi connectivity index (χ1n) is 5.04. The molecule has 0 radical (unpaired) electrons. The molecule has 0 aliphatic carbocycles. The summed E-state index contributed by atoms with van der Waals surface area (Å²) < 4.78 is 4.45. The van der Waals surface area contributed by atoms with Crippen LogP contribution in [0, 0.1) is 0 Å². The summed E-state index contributed by atoms with van der Waals surface area (Å²) in [5.74, 6) is 0. The maximum Gasteiger partial charge on any atom is 0.0313 e. The number of benzene rings is 2. The molecule has 1 N–H and O–H groups in total. The van der Waals surface area contributed by atoms with Crippen LogP contribution in [-0.2, 0) is 6.54 Å². The van der Waals surface area contributed by atoms with Crippen molar-refractivity contribution < 1.29 is 0 Å². The fraction of sp³-hybridized carbons (Fsp3) is 0.0769. The number of rotatable bonds is 4. The van der Waals surface area contributed by atoms with Crippen LogP contribution in [0.1, 0.15) is 5.56 Å². The lowest BCUT2D eigenvalue weighted by Gasteiger charge is -2.04. The van der Waals surface area contributed by atoms with Crippen molar-refractivity contribution in [1.82, 2.24) is 4.72 Å². The molecule has 0 atom stereocenters. The lowest BCUT2D eigenvalue weighted by Crippen LogP contribution is -2.02. The second kappa shape index (κ2) is 6.09. The fourth-order valence-corrected chi connectivity index (χ4v) is 2.24. The first-order chi connectivity index (χ1) is 7.84. The van der Waals surface area contributed by atoms with E-state index in [1.54, 1.807) is 11.9 Å². The highest BCUT2D eigenvalue weighted by atomic mass is 79.9. The molecule has 0 saturated carbocycles. The Labute approximate surface area is 109 Å². The van der Waals surface area contributed by atoms with E-state index in [2.05, 4.69) is 57.1 Å². The summed E-state index contributed by atoms with van der Waals surface area (Å²) >= 11 is 5.07. The zero-order chi connectivity index (χ0) is 11.2. The third kappa shape index (κ3) is 3.67. The second-order valence-corrected chi connectivity index (χ2v) is 5.24. The molecule has 0 spiro atoms. The Balaban J connectivity index is 1.82. The number of hydrogen-bond acceptors (Lipinski definition) is 2. The molecule has 0 unspecified atom stereocenters. The van der Waals surface area contributed by atoms with Gasteiger partial charge in [-0.15, -0.1) is 0 Å². The first-order valence-corrected chi connectivity index (χ1v) is 6.65. The number of nitrogens with one attached hydrogen (secondary N) is 1. The highest BCUT2D eigenvalue weighted by molar-refractivity contribution is 9.10. The summed E-state index contributed by atoms with van der Waals surface area (Å²) in [6.07, 6.45) is 0. The van der Waals surface area contributed by atoms with E-state index in [4.69, 9.17) is 0 Å². The minimum atomic E-state index is 0.877. The van der Waals surface area contributed by atoms with Crippen molar-refractivity contribution in [2.75, 3.05) is 0 Å². The van der Waals surface area contributed by atoms with E-state index in [1.807, 2.05) is 18.2 Å². The van der Waals surface area contributed by atoms with Crippen LogP contribution in [0.15, 0.2) is 64.0 Å². The van der Waals surface area contributed by atoms with E-state index in [9.17, 15) is 0 Å². The molecule has 82 valence electrons. The monoisotopic (exact) mass is 293 g/mol.